The number of rotatable bonds is 14. The average Bonchev–Trinajstić information content (AvgIpc) is 2.90. The fourth-order valence-electron chi connectivity index (χ4n) is 5.11. The van der Waals surface area contributed by atoms with Crippen LogP contribution in [0.25, 0.3) is 0 Å². The number of ether oxygens (including phenoxy) is 1. The number of aryl methyl sites for hydroxylation is 1. The van der Waals surface area contributed by atoms with Gasteiger partial charge in [-0.15, -0.1) is 0 Å². The highest BCUT2D eigenvalue weighted by Gasteiger charge is 2.38. The second-order valence-electron chi connectivity index (χ2n) is 13.8. The number of unbranched alkanes of at least 4 members (excludes halogenated alkanes) is 5. The van der Waals surface area contributed by atoms with E-state index in [2.05, 4.69) is 17.6 Å². The van der Waals surface area contributed by atoms with Crippen LogP contribution in [0.1, 0.15) is 115 Å². The first-order valence-corrected chi connectivity index (χ1v) is 16.0. The lowest BCUT2D eigenvalue weighted by molar-refractivity contribution is -0.143. The topological polar surface area (TPSA) is 108 Å². The van der Waals surface area contributed by atoms with Crippen molar-refractivity contribution in [2.75, 3.05) is 6.54 Å². The van der Waals surface area contributed by atoms with Gasteiger partial charge in [-0.2, -0.15) is 0 Å². The molecule has 2 unspecified atom stereocenters. The molecule has 3 amide bonds. The number of carbonyl (C=O) groups is 3. The summed E-state index contributed by atoms with van der Waals surface area (Å²) in [6.07, 6.45) is 5.56. The Kier molecular flexibility index (Phi) is 13.7. The van der Waals surface area contributed by atoms with Crippen LogP contribution in [0.5, 0.6) is 5.75 Å². The number of nitrogens with zero attached hydrogens (tertiary/aromatic N) is 1. The van der Waals surface area contributed by atoms with Gasteiger partial charge < -0.3 is 25.4 Å². The van der Waals surface area contributed by atoms with E-state index in [1.807, 2.05) is 52.8 Å². The molecule has 244 valence electrons. The fraction of sp³-hybridized carbons (Fsp3) is 0.583. The molecular formula is C36H55N3O5. The number of hydrogen-bond donors (Lipinski definition) is 3. The molecule has 2 atom stereocenters. The van der Waals surface area contributed by atoms with Crippen LogP contribution in [-0.2, 0) is 20.7 Å². The van der Waals surface area contributed by atoms with E-state index in [0.29, 0.717) is 6.54 Å². The van der Waals surface area contributed by atoms with E-state index in [1.54, 1.807) is 49.9 Å². The number of phenols is 1. The van der Waals surface area contributed by atoms with Gasteiger partial charge in [0.1, 0.15) is 23.4 Å². The van der Waals surface area contributed by atoms with Crippen LogP contribution in [0.15, 0.2) is 42.5 Å². The molecule has 0 aliphatic heterocycles. The molecular weight excluding hydrogens is 554 g/mol. The van der Waals surface area contributed by atoms with Crippen molar-refractivity contribution in [3.8, 4) is 5.75 Å². The SMILES string of the molecule is CCCCCCCCN(C(=O)C(Cc1ccc(O)cc1)NC(=O)OC(C)(C)C)C(C(=O)NC(C)(C)C)c1cccc(C)c1C. The quantitative estimate of drug-likeness (QED) is 0.195. The van der Waals surface area contributed by atoms with Gasteiger partial charge in [-0.05, 0) is 96.2 Å². The van der Waals surface area contributed by atoms with Gasteiger partial charge >= 0.3 is 6.09 Å². The van der Waals surface area contributed by atoms with Gasteiger partial charge in [-0.3, -0.25) is 9.59 Å². The normalized spacial score (nSPS) is 13.1. The van der Waals surface area contributed by atoms with E-state index in [0.717, 1.165) is 60.8 Å². The van der Waals surface area contributed by atoms with E-state index in [9.17, 15) is 19.5 Å². The summed E-state index contributed by atoms with van der Waals surface area (Å²) in [6.45, 7) is 17.5. The van der Waals surface area contributed by atoms with Crippen LogP contribution in [0.2, 0.25) is 0 Å². The molecule has 2 rings (SSSR count). The molecule has 0 saturated heterocycles. The summed E-state index contributed by atoms with van der Waals surface area (Å²) in [4.78, 5) is 43.5. The lowest BCUT2D eigenvalue weighted by Crippen LogP contribution is -2.55. The molecule has 8 nitrogen and oxygen atoms in total. The standard InChI is InChI=1S/C36H55N3O5/c1-10-11-12-13-14-15-23-39(31(32(41)38-35(4,5)6)29-18-16-17-25(2)26(29)3)33(42)30(37-34(43)44-36(7,8)9)24-27-19-21-28(40)22-20-27/h16-22,30-31,40H,10-15,23-24H2,1-9H3,(H,37,43)(H,38,41). The molecule has 3 N–H and O–H groups in total. The molecule has 0 aliphatic rings. The third-order valence-corrected chi connectivity index (χ3v) is 7.40. The molecule has 8 heteroatoms. The number of phenolic OH excluding ortho intramolecular Hbond substituents is 1. The molecule has 44 heavy (non-hydrogen) atoms. The predicted octanol–water partition coefficient (Wildman–Crippen LogP) is 7.29. The smallest absolute Gasteiger partial charge is 0.408 e. The maximum Gasteiger partial charge on any atom is 0.408 e. The minimum absolute atomic E-state index is 0.107. The van der Waals surface area contributed by atoms with Gasteiger partial charge in [0, 0.05) is 18.5 Å². The molecule has 0 aromatic heterocycles. The van der Waals surface area contributed by atoms with Crippen molar-refractivity contribution in [1.29, 1.82) is 0 Å². The monoisotopic (exact) mass is 609 g/mol. The zero-order chi connectivity index (χ0) is 33.1. The molecule has 2 aromatic rings. The van der Waals surface area contributed by atoms with Crippen LogP contribution in [0.4, 0.5) is 4.79 Å². The van der Waals surface area contributed by atoms with Crippen molar-refractivity contribution in [1.82, 2.24) is 15.5 Å². The molecule has 0 bridgehead atoms. The highest BCUT2D eigenvalue weighted by Crippen LogP contribution is 2.29. The summed E-state index contributed by atoms with van der Waals surface area (Å²) in [7, 11) is 0. The van der Waals surface area contributed by atoms with Crippen molar-refractivity contribution >= 4 is 17.9 Å². The first-order valence-electron chi connectivity index (χ1n) is 16.0. The van der Waals surface area contributed by atoms with Crippen molar-refractivity contribution in [3.05, 3.63) is 64.7 Å². The minimum atomic E-state index is -1.01. The zero-order valence-corrected chi connectivity index (χ0v) is 28.4. The van der Waals surface area contributed by atoms with E-state index < -0.39 is 29.3 Å². The number of carbonyl (C=O) groups excluding carboxylic acids is 3. The zero-order valence-electron chi connectivity index (χ0n) is 28.4. The molecule has 0 fully saturated rings. The summed E-state index contributed by atoms with van der Waals surface area (Å²) in [6, 6.07) is 10.4. The van der Waals surface area contributed by atoms with E-state index in [1.165, 1.54) is 0 Å². The van der Waals surface area contributed by atoms with Crippen molar-refractivity contribution in [2.45, 2.75) is 130 Å². The first kappa shape index (κ1) is 36.6. The Morgan fingerprint density at radius 2 is 1.50 bits per heavy atom. The number of hydrogen-bond acceptors (Lipinski definition) is 5. The van der Waals surface area contributed by atoms with Crippen LogP contribution in [0.3, 0.4) is 0 Å². The van der Waals surface area contributed by atoms with Gasteiger partial charge in [0.25, 0.3) is 0 Å². The largest absolute Gasteiger partial charge is 0.508 e. The fourth-order valence-corrected chi connectivity index (χ4v) is 5.11. The summed E-state index contributed by atoms with van der Waals surface area (Å²) in [5.74, 6) is -0.533. The Labute approximate surface area is 264 Å². The molecule has 0 spiro atoms. The van der Waals surface area contributed by atoms with Crippen molar-refractivity contribution < 1.29 is 24.2 Å². The van der Waals surface area contributed by atoms with Gasteiger partial charge in [-0.1, -0.05) is 69.4 Å². The first-order chi connectivity index (χ1) is 20.5. The third kappa shape index (κ3) is 12.2. The van der Waals surface area contributed by atoms with E-state index in [4.69, 9.17) is 4.74 Å². The number of alkyl carbamates (subject to hydrolysis) is 1. The maximum absolute atomic E-state index is 14.7. The van der Waals surface area contributed by atoms with Gasteiger partial charge in [0.05, 0.1) is 0 Å². The van der Waals surface area contributed by atoms with Crippen LogP contribution in [-0.4, -0.2) is 51.6 Å². The van der Waals surface area contributed by atoms with Crippen LogP contribution in [0, 0.1) is 13.8 Å². The Hall–Kier alpha value is -3.55. The summed E-state index contributed by atoms with van der Waals surface area (Å²) in [5.41, 5.74) is 2.18. The highest BCUT2D eigenvalue weighted by molar-refractivity contribution is 5.92. The highest BCUT2D eigenvalue weighted by atomic mass is 16.6. The second kappa shape index (κ2) is 16.5. The number of nitrogens with one attached hydrogen (secondary N) is 2. The summed E-state index contributed by atoms with van der Waals surface area (Å²) in [5, 5.41) is 15.7. The van der Waals surface area contributed by atoms with Crippen LogP contribution >= 0.6 is 0 Å². The number of aromatic hydroxyl groups is 1. The van der Waals surface area contributed by atoms with Crippen LogP contribution < -0.4 is 10.6 Å². The van der Waals surface area contributed by atoms with Gasteiger partial charge in [-0.25, -0.2) is 4.79 Å². The van der Waals surface area contributed by atoms with Crippen molar-refractivity contribution in [3.63, 3.8) is 0 Å². The number of amides is 3. The average molecular weight is 610 g/mol. The second-order valence-corrected chi connectivity index (χ2v) is 13.8. The Morgan fingerprint density at radius 3 is 2.09 bits per heavy atom. The number of benzene rings is 2. The minimum Gasteiger partial charge on any atom is -0.508 e. The molecule has 0 radical (unpaired) electrons. The lowest BCUT2D eigenvalue weighted by atomic mass is 9.93. The Morgan fingerprint density at radius 1 is 0.886 bits per heavy atom. The molecule has 0 heterocycles. The Bertz CT molecular complexity index is 1230. The summed E-state index contributed by atoms with van der Waals surface area (Å²) >= 11 is 0. The molecule has 2 aromatic carbocycles. The molecule has 0 aliphatic carbocycles. The van der Waals surface area contributed by atoms with E-state index >= 15 is 0 Å². The van der Waals surface area contributed by atoms with Gasteiger partial charge in [0.15, 0.2) is 0 Å². The molecule has 0 saturated carbocycles. The van der Waals surface area contributed by atoms with Crippen molar-refractivity contribution in [2.24, 2.45) is 0 Å². The third-order valence-electron chi connectivity index (χ3n) is 7.40. The van der Waals surface area contributed by atoms with E-state index in [-0.39, 0.29) is 24.0 Å². The lowest BCUT2D eigenvalue weighted by Gasteiger charge is -2.37. The predicted molar refractivity (Wildman–Crippen MR) is 177 cm³/mol. The Balaban J connectivity index is 2.61. The van der Waals surface area contributed by atoms with Gasteiger partial charge in [0.2, 0.25) is 11.8 Å². The maximum atomic E-state index is 14.7. The summed E-state index contributed by atoms with van der Waals surface area (Å²) < 4.78 is 5.54.